The van der Waals surface area contributed by atoms with E-state index in [0.29, 0.717) is 44.4 Å². The van der Waals surface area contributed by atoms with E-state index in [9.17, 15) is 13.2 Å². The van der Waals surface area contributed by atoms with E-state index < -0.39 is 9.84 Å². The Bertz CT molecular complexity index is 814. The zero-order chi connectivity index (χ0) is 18.9. The van der Waals surface area contributed by atoms with E-state index in [0.717, 1.165) is 13.0 Å². The predicted octanol–water partition coefficient (Wildman–Crippen LogP) is 1.43. The van der Waals surface area contributed by atoms with Crippen LogP contribution in [0.25, 0.3) is 0 Å². The summed E-state index contributed by atoms with van der Waals surface area (Å²) in [4.78, 5) is 15.9. The van der Waals surface area contributed by atoms with Gasteiger partial charge in [-0.05, 0) is 31.0 Å². The summed E-state index contributed by atoms with van der Waals surface area (Å²) in [5, 5.41) is 4.42. The van der Waals surface area contributed by atoms with Crippen molar-refractivity contribution < 1.29 is 17.6 Å². The number of amides is 1. The van der Waals surface area contributed by atoms with Crippen LogP contribution < -0.4 is 0 Å². The number of nitrogens with zero attached hydrogens (tertiary/aromatic N) is 4. The average molecular weight is 403 g/mol. The van der Waals surface area contributed by atoms with Crippen molar-refractivity contribution in [2.75, 3.05) is 24.6 Å². The summed E-state index contributed by atoms with van der Waals surface area (Å²) in [7, 11) is -2.96. The molecule has 0 spiro atoms. The first-order chi connectivity index (χ1) is 12.2. The summed E-state index contributed by atoms with van der Waals surface area (Å²) in [6, 6.07) is -0.0235. The Balaban J connectivity index is 1.72. The van der Waals surface area contributed by atoms with Gasteiger partial charge in [0, 0.05) is 25.6 Å². The molecule has 0 bridgehead atoms. The number of aromatic nitrogens is 2. The molecule has 3 heterocycles. The van der Waals surface area contributed by atoms with Crippen molar-refractivity contribution >= 4 is 28.0 Å². The number of carbonyl (C=O) groups is 1. The molecular formula is C16H26N4O4S2. The Kier molecular flexibility index (Phi) is 5.83. The van der Waals surface area contributed by atoms with Crippen molar-refractivity contribution in [1.82, 2.24) is 19.6 Å². The molecule has 0 aromatic carbocycles. The van der Waals surface area contributed by atoms with Crippen LogP contribution in [0.1, 0.15) is 39.0 Å². The quantitative estimate of drug-likeness (QED) is 0.638. The topological polar surface area (TPSA) is 88.7 Å². The van der Waals surface area contributed by atoms with Crippen LogP contribution in [0, 0.1) is 10.8 Å². The molecule has 1 aromatic rings. The van der Waals surface area contributed by atoms with Crippen LogP contribution in [0.5, 0.6) is 0 Å². The highest BCUT2D eigenvalue weighted by Gasteiger charge is 2.33. The monoisotopic (exact) mass is 402 g/mol. The third-order valence-corrected chi connectivity index (χ3v) is 6.83. The minimum atomic E-state index is -2.96. The van der Waals surface area contributed by atoms with E-state index in [2.05, 4.69) is 23.8 Å². The average Bonchev–Trinajstić information content (AvgIpc) is 3.20. The summed E-state index contributed by atoms with van der Waals surface area (Å²) in [5.74, 6) is 1.34. The highest BCUT2D eigenvalue weighted by atomic mass is 32.2. The van der Waals surface area contributed by atoms with Crippen LogP contribution in [-0.4, -0.2) is 64.5 Å². The fourth-order valence-corrected chi connectivity index (χ4v) is 5.52. The number of carbonyl (C=O) groups excluding carboxylic acids is 1. The number of sulfone groups is 1. The van der Waals surface area contributed by atoms with E-state index in [4.69, 9.17) is 16.6 Å². The van der Waals surface area contributed by atoms with E-state index in [1.807, 2.05) is 0 Å². The number of rotatable bonds is 7. The smallest absolute Gasteiger partial charge is 0.288 e. The van der Waals surface area contributed by atoms with Gasteiger partial charge >= 0.3 is 0 Å². The van der Waals surface area contributed by atoms with E-state index in [1.165, 1.54) is 0 Å². The highest BCUT2D eigenvalue weighted by Crippen LogP contribution is 2.20. The van der Waals surface area contributed by atoms with E-state index >= 15 is 0 Å². The van der Waals surface area contributed by atoms with Crippen molar-refractivity contribution in [2.45, 2.75) is 52.4 Å². The Hall–Kier alpha value is -1.26. The van der Waals surface area contributed by atoms with Crippen LogP contribution in [-0.2, 0) is 27.8 Å². The predicted molar refractivity (Wildman–Crippen MR) is 98.6 cm³/mol. The fourth-order valence-electron chi connectivity index (χ4n) is 3.56. The molecule has 2 aliphatic heterocycles. The molecule has 2 fully saturated rings. The maximum Gasteiger partial charge on any atom is 0.288 e. The van der Waals surface area contributed by atoms with Crippen molar-refractivity contribution in [3.63, 3.8) is 0 Å². The van der Waals surface area contributed by atoms with Crippen molar-refractivity contribution in [1.29, 1.82) is 0 Å². The van der Waals surface area contributed by atoms with Gasteiger partial charge in [0.15, 0.2) is 9.84 Å². The Morgan fingerprint density at radius 2 is 2.19 bits per heavy atom. The zero-order valence-corrected chi connectivity index (χ0v) is 16.9. The number of hydrogen-bond acceptors (Lipinski definition) is 7. The number of likely N-dealkylation sites (tertiary alicyclic amines) is 1. The van der Waals surface area contributed by atoms with Gasteiger partial charge in [0.2, 0.25) is 11.8 Å². The molecule has 0 radical (unpaired) electrons. The maximum absolute atomic E-state index is 11.9. The lowest BCUT2D eigenvalue weighted by atomic mass is 10.1. The number of hydrogen-bond donors (Lipinski definition) is 0. The second-order valence-corrected chi connectivity index (χ2v) is 10.1. The summed E-state index contributed by atoms with van der Waals surface area (Å²) < 4.78 is 30.9. The van der Waals surface area contributed by atoms with Gasteiger partial charge in [-0.2, -0.15) is 0 Å². The molecule has 1 atom stereocenters. The van der Waals surface area contributed by atoms with Gasteiger partial charge in [-0.1, -0.05) is 13.8 Å². The molecular weight excluding hydrogens is 376 g/mol. The minimum Gasteiger partial charge on any atom is -0.412 e. The van der Waals surface area contributed by atoms with Crippen LogP contribution >= 0.6 is 12.2 Å². The van der Waals surface area contributed by atoms with Gasteiger partial charge in [-0.25, -0.2) is 13.1 Å². The molecule has 1 unspecified atom stereocenters. The summed E-state index contributed by atoms with van der Waals surface area (Å²) in [6.45, 7) is 6.40. The molecule has 2 saturated heterocycles. The molecule has 1 aromatic heterocycles. The fraction of sp³-hybridized carbons (Fsp3) is 0.812. The highest BCUT2D eigenvalue weighted by molar-refractivity contribution is 7.91. The third kappa shape index (κ3) is 4.72. The van der Waals surface area contributed by atoms with Crippen LogP contribution in [0.2, 0.25) is 0 Å². The van der Waals surface area contributed by atoms with Gasteiger partial charge in [-0.15, -0.1) is 5.10 Å². The molecule has 146 valence electrons. The van der Waals surface area contributed by atoms with Gasteiger partial charge in [0.05, 0.1) is 24.7 Å². The normalized spacial score (nSPS) is 22.8. The third-order valence-electron chi connectivity index (χ3n) is 4.79. The standard InChI is InChI=1S/C16H26N4O4S2/c1-12(2)8-19(13-5-7-26(22,23)10-13)11-20-16(25)24-14(17-20)9-18-6-3-4-15(18)21/h12-13H,3-11H2,1-2H3. The van der Waals surface area contributed by atoms with Crippen molar-refractivity contribution in [3.05, 3.63) is 10.7 Å². The van der Waals surface area contributed by atoms with Gasteiger partial charge < -0.3 is 9.32 Å². The first-order valence-corrected chi connectivity index (χ1v) is 11.3. The summed E-state index contributed by atoms with van der Waals surface area (Å²) >= 11 is 5.28. The lowest BCUT2D eigenvalue weighted by Crippen LogP contribution is -2.40. The van der Waals surface area contributed by atoms with Crippen LogP contribution in [0.4, 0.5) is 0 Å². The maximum atomic E-state index is 11.9. The molecule has 1 amide bonds. The van der Waals surface area contributed by atoms with Gasteiger partial charge in [0.1, 0.15) is 0 Å². The lowest BCUT2D eigenvalue weighted by molar-refractivity contribution is -0.128. The molecule has 0 N–H and O–H groups in total. The first kappa shape index (κ1) is 19.5. The Labute approximate surface area is 159 Å². The molecule has 2 aliphatic rings. The van der Waals surface area contributed by atoms with Gasteiger partial charge in [-0.3, -0.25) is 9.69 Å². The van der Waals surface area contributed by atoms with Gasteiger partial charge in [0.25, 0.3) is 4.84 Å². The zero-order valence-electron chi connectivity index (χ0n) is 15.3. The van der Waals surface area contributed by atoms with Crippen LogP contribution in [0.15, 0.2) is 4.42 Å². The Morgan fingerprint density at radius 3 is 2.77 bits per heavy atom. The summed E-state index contributed by atoms with van der Waals surface area (Å²) in [5.41, 5.74) is 0. The second-order valence-electron chi connectivity index (χ2n) is 7.54. The second kappa shape index (κ2) is 7.77. The molecule has 10 heteroatoms. The van der Waals surface area contributed by atoms with E-state index in [1.54, 1.807) is 9.58 Å². The van der Waals surface area contributed by atoms with Crippen LogP contribution in [0.3, 0.4) is 0 Å². The first-order valence-electron chi connectivity index (χ1n) is 9.02. The lowest BCUT2D eigenvalue weighted by Gasteiger charge is -2.29. The molecule has 0 saturated carbocycles. The largest absolute Gasteiger partial charge is 0.412 e. The van der Waals surface area contributed by atoms with Crippen molar-refractivity contribution in [3.8, 4) is 0 Å². The van der Waals surface area contributed by atoms with E-state index in [-0.39, 0.29) is 28.3 Å². The minimum absolute atomic E-state index is 0.0235. The molecule has 8 nitrogen and oxygen atoms in total. The Morgan fingerprint density at radius 1 is 1.42 bits per heavy atom. The SMILES string of the molecule is CC(C)CN(Cn1nc(CN2CCCC2=O)oc1=S)C1CCS(=O)(=O)C1. The summed E-state index contributed by atoms with van der Waals surface area (Å²) in [6.07, 6.45) is 2.06. The molecule has 0 aliphatic carbocycles. The molecule has 3 rings (SSSR count). The van der Waals surface area contributed by atoms with Crippen molar-refractivity contribution in [2.24, 2.45) is 5.92 Å². The molecule has 26 heavy (non-hydrogen) atoms.